The van der Waals surface area contributed by atoms with Gasteiger partial charge in [-0.25, -0.2) is 0 Å². The fraction of sp³-hybridized carbons (Fsp3) is 0.933. The van der Waals surface area contributed by atoms with Crippen LogP contribution in [0.25, 0.3) is 0 Å². The van der Waals surface area contributed by atoms with E-state index < -0.39 is 0 Å². The lowest BCUT2D eigenvalue weighted by Gasteiger charge is -2.38. The minimum Gasteiger partial charge on any atom is -0.355 e. The Hall–Kier alpha value is -0.610. The van der Waals surface area contributed by atoms with Crippen molar-refractivity contribution in [2.24, 2.45) is 11.3 Å². The van der Waals surface area contributed by atoms with Crippen molar-refractivity contribution in [3.63, 3.8) is 0 Å². The van der Waals surface area contributed by atoms with Gasteiger partial charge in [-0.05, 0) is 58.2 Å². The van der Waals surface area contributed by atoms with Crippen LogP contribution in [0.5, 0.6) is 0 Å². The molecule has 0 aliphatic carbocycles. The first kappa shape index (κ1) is 14.8. The van der Waals surface area contributed by atoms with E-state index in [0.717, 1.165) is 39.0 Å². The number of hydrogen-bond acceptors (Lipinski definition) is 3. The Morgan fingerprint density at radius 3 is 2.63 bits per heavy atom. The van der Waals surface area contributed by atoms with Crippen molar-refractivity contribution in [1.29, 1.82) is 0 Å². The number of carbonyl (C=O) groups excluding carboxylic acids is 1. The van der Waals surface area contributed by atoms with Crippen molar-refractivity contribution in [1.82, 2.24) is 15.5 Å². The molecule has 4 heteroatoms. The Labute approximate surface area is 117 Å². The summed E-state index contributed by atoms with van der Waals surface area (Å²) in [6, 6.07) is 0.565. The van der Waals surface area contributed by atoms with Gasteiger partial charge in [-0.15, -0.1) is 0 Å². The average molecular weight is 267 g/mol. The van der Waals surface area contributed by atoms with Gasteiger partial charge in [-0.2, -0.15) is 0 Å². The molecule has 0 aromatic heterocycles. The molecule has 19 heavy (non-hydrogen) atoms. The van der Waals surface area contributed by atoms with Gasteiger partial charge in [0.2, 0.25) is 5.91 Å². The Balaban J connectivity index is 1.74. The summed E-state index contributed by atoms with van der Waals surface area (Å²) in [5.41, 5.74) is 0.289. The lowest BCUT2D eigenvalue weighted by atomic mass is 9.80. The first-order chi connectivity index (χ1) is 8.98. The molecule has 2 saturated heterocycles. The second-order valence-electron chi connectivity index (χ2n) is 6.92. The lowest BCUT2D eigenvalue weighted by Crippen LogP contribution is -2.48. The van der Waals surface area contributed by atoms with Crippen molar-refractivity contribution < 1.29 is 4.79 Å². The molecule has 2 fully saturated rings. The van der Waals surface area contributed by atoms with Crippen LogP contribution in [0.2, 0.25) is 0 Å². The minimum atomic E-state index is 0.172. The highest BCUT2D eigenvalue weighted by molar-refractivity contribution is 5.79. The van der Waals surface area contributed by atoms with Gasteiger partial charge in [0.15, 0.2) is 0 Å². The molecule has 2 rings (SSSR count). The van der Waals surface area contributed by atoms with Gasteiger partial charge in [0.05, 0.1) is 5.92 Å². The lowest BCUT2D eigenvalue weighted by molar-refractivity contribution is -0.126. The molecular formula is C15H29N3O. The molecule has 2 unspecified atom stereocenters. The maximum absolute atomic E-state index is 12.2. The highest BCUT2D eigenvalue weighted by atomic mass is 16.1. The molecule has 110 valence electrons. The number of carbonyl (C=O) groups is 1. The molecule has 0 radical (unpaired) electrons. The number of likely N-dealkylation sites (tertiary alicyclic amines) is 1. The molecule has 0 bridgehead atoms. The number of rotatable bonds is 3. The standard InChI is InChI=1S/C15H29N3O/c1-12-4-5-13(10-16-12)14(19)17-11-15(2)6-8-18(3)9-7-15/h12-13,16H,4-11H2,1-3H3,(H,17,19). The topological polar surface area (TPSA) is 44.4 Å². The first-order valence-corrected chi connectivity index (χ1v) is 7.68. The molecule has 0 spiro atoms. The van der Waals surface area contributed by atoms with Gasteiger partial charge >= 0.3 is 0 Å². The maximum atomic E-state index is 12.2. The normalized spacial score (nSPS) is 31.9. The summed E-state index contributed by atoms with van der Waals surface area (Å²) in [5.74, 6) is 0.422. The van der Waals surface area contributed by atoms with Crippen molar-refractivity contribution in [3.05, 3.63) is 0 Å². The summed E-state index contributed by atoms with van der Waals surface area (Å²) in [4.78, 5) is 14.6. The van der Waals surface area contributed by atoms with Crippen LogP contribution >= 0.6 is 0 Å². The molecule has 2 aliphatic heterocycles. The van der Waals surface area contributed by atoms with Crippen LogP contribution in [-0.4, -0.2) is 50.1 Å². The molecule has 2 heterocycles. The Kier molecular flexibility index (Phi) is 4.85. The molecule has 2 atom stereocenters. The van der Waals surface area contributed by atoms with E-state index in [1.807, 2.05) is 0 Å². The molecule has 0 aromatic carbocycles. The fourth-order valence-corrected chi connectivity index (χ4v) is 3.00. The number of nitrogens with zero attached hydrogens (tertiary/aromatic N) is 1. The van der Waals surface area contributed by atoms with E-state index in [-0.39, 0.29) is 17.2 Å². The number of nitrogens with one attached hydrogen (secondary N) is 2. The van der Waals surface area contributed by atoms with Crippen molar-refractivity contribution in [2.45, 2.75) is 45.6 Å². The quantitative estimate of drug-likeness (QED) is 0.808. The van der Waals surface area contributed by atoms with Crippen LogP contribution in [-0.2, 0) is 4.79 Å². The van der Waals surface area contributed by atoms with E-state index in [2.05, 4.69) is 36.4 Å². The zero-order valence-electron chi connectivity index (χ0n) is 12.7. The van der Waals surface area contributed by atoms with E-state index in [0.29, 0.717) is 6.04 Å². The van der Waals surface area contributed by atoms with Gasteiger partial charge in [-0.3, -0.25) is 4.79 Å². The van der Waals surface area contributed by atoms with E-state index in [9.17, 15) is 4.79 Å². The van der Waals surface area contributed by atoms with Crippen molar-refractivity contribution in [3.8, 4) is 0 Å². The third-order valence-corrected chi connectivity index (χ3v) is 4.92. The number of piperidine rings is 2. The van der Waals surface area contributed by atoms with Crippen LogP contribution in [0, 0.1) is 11.3 Å². The molecule has 1 amide bonds. The van der Waals surface area contributed by atoms with Crippen LogP contribution < -0.4 is 10.6 Å². The fourth-order valence-electron chi connectivity index (χ4n) is 3.00. The van der Waals surface area contributed by atoms with E-state index in [4.69, 9.17) is 0 Å². The van der Waals surface area contributed by atoms with Crippen LogP contribution in [0.4, 0.5) is 0 Å². The molecule has 0 aromatic rings. The van der Waals surface area contributed by atoms with E-state index in [1.165, 1.54) is 12.8 Å². The zero-order chi connectivity index (χ0) is 13.9. The van der Waals surface area contributed by atoms with E-state index >= 15 is 0 Å². The molecule has 2 N–H and O–H groups in total. The summed E-state index contributed by atoms with van der Waals surface area (Å²) in [5, 5.41) is 6.59. The molecule has 2 aliphatic rings. The number of amides is 1. The largest absolute Gasteiger partial charge is 0.355 e. The van der Waals surface area contributed by atoms with Crippen LogP contribution in [0.3, 0.4) is 0 Å². The van der Waals surface area contributed by atoms with Crippen molar-refractivity contribution >= 4 is 5.91 Å². The summed E-state index contributed by atoms with van der Waals surface area (Å²) in [7, 11) is 2.17. The maximum Gasteiger partial charge on any atom is 0.224 e. The summed E-state index contributed by atoms with van der Waals surface area (Å²) in [6.07, 6.45) is 4.51. The van der Waals surface area contributed by atoms with Gasteiger partial charge < -0.3 is 15.5 Å². The highest BCUT2D eigenvalue weighted by Crippen LogP contribution is 2.29. The van der Waals surface area contributed by atoms with Gasteiger partial charge in [0, 0.05) is 19.1 Å². The summed E-state index contributed by atoms with van der Waals surface area (Å²) < 4.78 is 0. The smallest absolute Gasteiger partial charge is 0.224 e. The zero-order valence-corrected chi connectivity index (χ0v) is 12.7. The second-order valence-corrected chi connectivity index (χ2v) is 6.92. The summed E-state index contributed by atoms with van der Waals surface area (Å²) in [6.45, 7) is 8.47. The Morgan fingerprint density at radius 2 is 2.05 bits per heavy atom. The molecule has 4 nitrogen and oxygen atoms in total. The Bertz CT molecular complexity index is 303. The highest BCUT2D eigenvalue weighted by Gasteiger charge is 2.30. The van der Waals surface area contributed by atoms with E-state index in [1.54, 1.807) is 0 Å². The van der Waals surface area contributed by atoms with Crippen molar-refractivity contribution in [2.75, 3.05) is 33.2 Å². The molecule has 0 saturated carbocycles. The third kappa shape index (κ3) is 4.18. The Morgan fingerprint density at radius 1 is 1.37 bits per heavy atom. The van der Waals surface area contributed by atoms with Gasteiger partial charge in [0.25, 0.3) is 0 Å². The number of hydrogen-bond donors (Lipinski definition) is 2. The second kappa shape index (κ2) is 6.23. The third-order valence-electron chi connectivity index (χ3n) is 4.92. The monoisotopic (exact) mass is 267 g/mol. The predicted octanol–water partition coefficient (Wildman–Crippen LogP) is 1.22. The van der Waals surface area contributed by atoms with Gasteiger partial charge in [-0.1, -0.05) is 6.92 Å². The SMILES string of the molecule is CC1CCC(C(=O)NCC2(C)CCN(C)CC2)CN1. The first-order valence-electron chi connectivity index (χ1n) is 7.68. The van der Waals surface area contributed by atoms with Gasteiger partial charge in [0.1, 0.15) is 0 Å². The van der Waals surface area contributed by atoms with Crippen LogP contribution in [0.15, 0.2) is 0 Å². The predicted molar refractivity (Wildman–Crippen MR) is 78.0 cm³/mol. The summed E-state index contributed by atoms with van der Waals surface area (Å²) >= 11 is 0. The minimum absolute atomic E-state index is 0.172. The average Bonchev–Trinajstić information content (AvgIpc) is 2.41. The van der Waals surface area contributed by atoms with Crippen LogP contribution in [0.1, 0.15) is 39.5 Å². The molecular weight excluding hydrogens is 238 g/mol.